The lowest BCUT2D eigenvalue weighted by Crippen LogP contribution is -2.28. The number of halogens is 1. The molecule has 43 heavy (non-hydrogen) atoms. The standard InChI is InChI=1S/C28H30FN7O7/c1-34(27(38)40-2)10-3-4-26(37)41-17-20-13-25(32-43-20)24-8-5-18(14-30-24)22-7-6-19(12-23(22)29)36-16-21(42-28(36)39)15-35-11-9-31-33-35/h5-9,11-14,20-21,32H,3-4,10,15-17H2,1-2H3/t20-,21-/m0/s1. The maximum absolute atomic E-state index is 15.2. The average Bonchev–Trinajstić information content (AvgIpc) is 3.78. The van der Waals surface area contributed by atoms with Gasteiger partial charge in [-0.15, -0.1) is 5.10 Å². The van der Waals surface area contributed by atoms with Crippen LogP contribution in [0, 0.1) is 5.82 Å². The molecule has 1 saturated heterocycles. The number of hydrogen-bond acceptors (Lipinski definition) is 11. The van der Waals surface area contributed by atoms with E-state index < -0.39 is 36.2 Å². The van der Waals surface area contributed by atoms with Crippen LogP contribution < -0.4 is 10.4 Å². The number of carbonyl (C=O) groups excluding carboxylic acids is 3. The summed E-state index contributed by atoms with van der Waals surface area (Å²) in [5, 5.41) is 7.61. The molecule has 0 saturated carbocycles. The number of anilines is 1. The zero-order valence-corrected chi connectivity index (χ0v) is 23.5. The Balaban J connectivity index is 1.13. The highest BCUT2D eigenvalue weighted by Crippen LogP contribution is 2.30. The van der Waals surface area contributed by atoms with Gasteiger partial charge in [0.2, 0.25) is 0 Å². The fourth-order valence-corrected chi connectivity index (χ4v) is 4.55. The molecule has 1 N–H and O–H groups in total. The molecule has 0 unspecified atom stereocenters. The molecule has 4 heterocycles. The van der Waals surface area contributed by atoms with Crippen molar-refractivity contribution in [3.63, 3.8) is 0 Å². The van der Waals surface area contributed by atoms with E-state index in [2.05, 4.69) is 25.5 Å². The Morgan fingerprint density at radius 1 is 1.26 bits per heavy atom. The van der Waals surface area contributed by atoms with Crippen LogP contribution in [0.4, 0.5) is 19.7 Å². The molecule has 2 amide bonds. The molecule has 14 nitrogen and oxygen atoms in total. The predicted octanol–water partition coefficient (Wildman–Crippen LogP) is 2.77. The van der Waals surface area contributed by atoms with Crippen LogP contribution in [0.1, 0.15) is 18.5 Å². The van der Waals surface area contributed by atoms with Gasteiger partial charge in [-0.05, 0) is 36.8 Å². The number of rotatable bonds is 11. The minimum Gasteiger partial charge on any atom is -0.462 e. The monoisotopic (exact) mass is 595 g/mol. The summed E-state index contributed by atoms with van der Waals surface area (Å²) in [6.07, 6.45) is 5.08. The van der Waals surface area contributed by atoms with Crippen molar-refractivity contribution in [1.82, 2.24) is 30.4 Å². The van der Waals surface area contributed by atoms with Gasteiger partial charge in [0.05, 0.1) is 43.5 Å². The summed E-state index contributed by atoms with van der Waals surface area (Å²) >= 11 is 0. The SMILES string of the molecule is COC(=O)N(C)CCCC(=O)OC[C@@H]1C=C(c2ccc(-c3ccc(N4C[C@H](Cn5ccnn5)OC4=O)cc3F)cn2)NO1. The Hall–Kier alpha value is -5.05. The lowest BCUT2D eigenvalue weighted by molar-refractivity contribution is -0.147. The number of methoxy groups -OCH3 is 1. The first-order valence-electron chi connectivity index (χ1n) is 13.5. The predicted molar refractivity (Wildman–Crippen MR) is 148 cm³/mol. The van der Waals surface area contributed by atoms with Crippen LogP contribution in [0.15, 0.2) is 55.0 Å². The van der Waals surface area contributed by atoms with Crippen LogP contribution in [0.25, 0.3) is 16.8 Å². The summed E-state index contributed by atoms with van der Waals surface area (Å²) in [5.74, 6) is -0.924. The molecule has 2 aliphatic heterocycles. The van der Waals surface area contributed by atoms with E-state index in [4.69, 9.17) is 14.3 Å². The second-order valence-corrected chi connectivity index (χ2v) is 9.85. The first-order valence-corrected chi connectivity index (χ1v) is 13.5. The van der Waals surface area contributed by atoms with Gasteiger partial charge in [0.1, 0.15) is 24.6 Å². The second-order valence-electron chi connectivity index (χ2n) is 9.85. The van der Waals surface area contributed by atoms with Crippen molar-refractivity contribution in [2.75, 3.05) is 38.8 Å². The Labute approximate surface area is 245 Å². The van der Waals surface area contributed by atoms with E-state index in [0.717, 1.165) is 0 Å². The number of benzene rings is 1. The van der Waals surface area contributed by atoms with Gasteiger partial charge in [-0.3, -0.25) is 25.0 Å². The molecular weight excluding hydrogens is 565 g/mol. The molecule has 0 radical (unpaired) electrons. The first kappa shape index (κ1) is 29.4. The second kappa shape index (κ2) is 13.3. The van der Waals surface area contributed by atoms with Gasteiger partial charge in [-0.1, -0.05) is 11.3 Å². The third-order valence-corrected chi connectivity index (χ3v) is 6.79. The van der Waals surface area contributed by atoms with Crippen molar-refractivity contribution in [2.45, 2.75) is 31.6 Å². The summed E-state index contributed by atoms with van der Waals surface area (Å²) in [7, 11) is 2.88. The molecule has 2 atom stereocenters. The Bertz CT molecular complexity index is 1480. The Morgan fingerprint density at radius 3 is 2.84 bits per heavy atom. The van der Waals surface area contributed by atoms with E-state index in [1.165, 1.54) is 35.4 Å². The highest BCUT2D eigenvalue weighted by molar-refractivity contribution is 5.90. The number of nitrogens with one attached hydrogen (secondary N) is 1. The minimum atomic E-state index is -0.556. The number of aromatic nitrogens is 4. The Morgan fingerprint density at radius 2 is 2.12 bits per heavy atom. The minimum absolute atomic E-state index is 0.00355. The zero-order valence-electron chi connectivity index (χ0n) is 23.5. The van der Waals surface area contributed by atoms with Gasteiger partial charge >= 0.3 is 18.2 Å². The van der Waals surface area contributed by atoms with Gasteiger partial charge in [0.15, 0.2) is 0 Å². The molecule has 0 bridgehead atoms. The smallest absolute Gasteiger partial charge is 0.414 e. The highest BCUT2D eigenvalue weighted by Gasteiger charge is 2.33. The van der Waals surface area contributed by atoms with Crippen LogP contribution in [0.2, 0.25) is 0 Å². The number of nitrogens with zero attached hydrogens (tertiary/aromatic N) is 6. The maximum atomic E-state index is 15.2. The molecule has 2 aromatic heterocycles. The van der Waals surface area contributed by atoms with Crippen molar-refractivity contribution < 1.29 is 37.8 Å². The largest absolute Gasteiger partial charge is 0.462 e. The third-order valence-electron chi connectivity index (χ3n) is 6.79. The number of carbonyl (C=O) groups is 3. The lowest BCUT2D eigenvalue weighted by atomic mass is 10.1. The molecule has 2 aliphatic rings. The molecule has 5 rings (SSSR count). The van der Waals surface area contributed by atoms with E-state index in [-0.39, 0.29) is 19.6 Å². The fraction of sp³-hybridized carbons (Fsp3) is 0.357. The molecule has 15 heteroatoms. The van der Waals surface area contributed by atoms with E-state index in [9.17, 15) is 14.4 Å². The maximum Gasteiger partial charge on any atom is 0.414 e. The van der Waals surface area contributed by atoms with Gasteiger partial charge in [0, 0.05) is 43.5 Å². The highest BCUT2D eigenvalue weighted by atomic mass is 19.1. The Kier molecular flexibility index (Phi) is 9.10. The molecule has 0 spiro atoms. The van der Waals surface area contributed by atoms with Crippen LogP contribution in [0.3, 0.4) is 0 Å². The number of cyclic esters (lactones) is 1. The number of esters is 1. The molecule has 3 aromatic rings. The van der Waals surface area contributed by atoms with Gasteiger partial charge in [0.25, 0.3) is 0 Å². The lowest BCUT2D eigenvalue weighted by Gasteiger charge is -2.14. The molecular formula is C28H30FN7O7. The van der Waals surface area contributed by atoms with Crippen molar-refractivity contribution >= 4 is 29.5 Å². The van der Waals surface area contributed by atoms with Crippen LogP contribution >= 0.6 is 0 Å². The van der Waals surface area contributed by atoms with E-state index in [1.807, 2.05) is 0 Å². The van der Waals surface area contributed by atoms with Crippen LogP contribution in [-0.4, -0.2) is 89.1 Å². The number of ether oxygens (including phenoxy) is 3. The summed E-state index contributed by atoms with van der Waals surface area (Å²) in [6, 6.07) is 7.97. The zero-order chi connectivity index (χ0) is 30.3. The van der Waals surface area contributed by atoms with Crippen LogP contribution in [-0.2, 0) is 30.4 Å². The average molecular weight is 596 g/mol. The van der Waals surface area contributed by atoms with Crippen LogP contribution in [0.5, 0.6) is 0 Å². The van der Waals surface area contributed by atoms with Gasteiger partial charge in [-0.2, -0.15) is 0 Å². The quantitative estimate of drug-likeness (QED) is 0.257. The number of pyridine rings is 1. The van der Waals surface area contributed by atoms with Crippen molar-refractivity contribution in [2.24, 2.45) is 0 Å². The molecule has 226 valence electrons. The van der Waals surface area contributed by atoms with Gasteiger partial charge < -0.3 is 19.1 Å². The summed E-state index contributed by atoms with van der Waals surface area (Å²) in [6.45, 7) is 0.972. The topological polar surface area (TPSA) is 150 Å². The summed E-state index contributed by atoms with van der Waals surface area (Å²) in [5.41, 5.74) is 5.16. The first-order chi connectivity index (χ1) is 20.8. The van der Waals surface area contributed by atoms with E-state index >= 15 is 4.39 Å². The number of hydrogen-bond donors (Lipinski definition) is 1. The number of hydroxylamine groups is 1. The third kappa shape index (κ3) is 7.24. The van der Waals surface area contributed by atoms with Crippen molar-refractivity contribution in [3.05, 3.63) is 66.5 Å². The molecule has 1 fully saturated rings. The number of amides is 2. The van der Waals surface area contributed by atoms with Gasteiger partial charge in [-0.25, -0.2) is 18.7 Å². The van der Waals surface area contributed by atoms with Crippen molar-refractivity contribution in [3.8, 4) is 11.1 Å². The van der Waals surface area contributed by atoms with Crippen molar-refractivity contribution in [1.29, 1.82) is 0 Å². The summed E-state index contributed by atoms with van der Waals surface area (Å²) < 4.78 is 32.0. The normalized spacial score (nSPS) is 17.7. The van der Waals surface area contributed by atoms with E-state index in [1.54, 1.807) is 48.3 Å². The fourth-order valence-electron chi connectivity index (χ4n) is 4.55. The molecule has 1 aromatic carbocycles. The summed E-state index contributed by atoms with van der Waals surface area (Å²) in [4.78, 5) is 48.4. The van der Waals surface area contributed by atoms with E-state index in [0.29, 0.717) is 47.7 Å². The molecule has 0 aliphatic carbocycles.